The van der Waals surface area contributed by atoms with Gasteiger partial charge in [0.15, 0.2) is 0 Å². The lowest BCUT2D eigenvalue weighted by Gasteiger charge is -2.23. The minimum atomic E-state index is -0.188. The molecule has 1 aromatic rings. The molecular formula is C20H31N4O3+. The highest BCUT2D eigenvalue weighted by molar-refractivity contribution is 5.96. The summed E-state index contributed by atoms with van der Waals surface area (Å²) in [6.07, 6.45) is 1.29. The van der Waals surface area contributed by atoms with Crippen LogP contribution in [-0.2, 0) is 9.53 Å². The normalized spacial score (nSPS) is 20.7. The molecule has 2 fully saturated rings. The van der Waals surface area contributed by atoms with Crippen molar-refractivity contribution in [3.8, 4) is 0 Å². The van der Waals surface area contributed by atoms with E-state index in [1.165, 1.54) is 10.5 Å². The van der Waals surface area contributed by atoms with Gasteiger partial charge in [0.1, 0.15) is 13.1 Å². The third-order valence-electron chi connectivity index (χ3n) is 5.45. The lowest BCUT2D eigenvalue weighted by molar-refractivity contribution is -0.908. The van der Waals surface area contributed by atoms with E-state index in [1.54, 1.807) is 4.90 Å². The van der Waals surface area contributed by atoms with Gasteiger partial charge in [-0.2, -0.15) is 0 Å². The summed E-state index contributed by atoms with van der Waals surface area (Å²) in [5.41, 5.74) is 3.27. The Hall–Kier alpha value is -2.12. The van der Waals surface area contributed by atoms with E-state index >= 15 is 0 Å². The Bertz CT molecular complexity index is 673. The standard InChI is InChI=1S/C20H30N4O3/c1-15-4-5-18(12-16(15)2)24-14-17(13-19(24)25)22-20(26)21-6-3-7-23-8-10-27-11-9-23/h4-5,12,17H,3,6-11,13-14H2,1-2H3,(H2,21,22,26)/p+1/t17-/m1/s1. The second-order valence-corrected chi connectivity index (χ2v) is 7.54. The van der Waals surface area contributed by atoms with Crippen molar-refractivity contribution in [2.75, 3.05) is 50.8 Å². The smallest absolute Gasteiger partial charge is 0.315 e. The molecule has 1 atom stereocenters. The fraction of sp³-hybridized carbons (Fsp3) is 0.600. The second-order valence-electron chi connectivity index (χ2n) is 7.54. The summed E-state index contributed by atoms with van der Waals surface area (Å²) < 4.78 is 5.35. The van der Waals surface area contributed by atoms with E-state index in [4.69, 9.17) is 4.74 Å². The molecule has 27 heavy (non-hydrogen) atoms. The van der Waals surface area contributed by atoms with Crippen LogP contribution in [0.5, 0.6) is 0 Å². The zero-order valence-corrected chi connectivity index (χ0v) is 16.3. The van der Waals surface area contributed by atoms with Crippen molar-refractivity contribution in [3.63, 3.8) is 0 Å². The molecule has 0 saturated carbocycles. The minimum absolute atomic E-state index is 0.0551. The number of aryl methyl sites for hydroxylation is 2. The molecule has 2 aliphatic rings. The molecule has 7 heteroatoms. The Balaban J connectivity index is 1.39. The van der Waals surface area contributed by atoms with E-state index in [2.05, 4.69) is 17.6 Å². The van der Waals surface area contributed by atoms with Crippen LogP contribution in [0.1, 0.15) is 24.0 Å². The number of anilines is 1. The van der Waals surface area contributed by atoms with Crippen LogP contribution in [0, 0.1) is 13.8 Å². The molecule has 1 aromatic carbocycles. The number of carbonyl (C=O) groups is 2. The minimum Gasteiger partial charge on any atom is -0.370 e. The first-order valence-electron chi connectivity index (χ1n) is 9.86. The van der Waals surface area contributed by atoms with Crippen molar-refractivity contribution in [3.05, 3.63) is 29.3 Å². The Labute approximate surface area is 161 Å². The average Bonchev–Trinajstić information content (AvgIpc) is 3.02. The number of carbonyl (C=O) groups excluding carboxylic acids is 2. The number of morpholine rings is 1. The van der Waals surface area contributed by atoms with Gasteiger partial charge in [-0.1, -0.05) is 6.07 Å². The van der Waals surface area contributed by atoms with Gasteiger partial charge in [0.25, 0.3) is 0 Å². The first-order chi connectivity index (χ1) is 13.0. The van der Waals surface area contributed by atoms with E-state index < -0.39 is 0 Å². The van der Waals surface area contributed by atoms with Crippen molar-refractivity contribution in [1.82, 2.24) is 10.6 Å². The summed E-state index contributed by atoms with van der Waals surface area (Å²) in [4.78, 5) is 27.8. The predicted octanol–water partition coefficient (Wildman–Crippen LogP) is 0.0131. The molecule has 2 heterocycles. The van der Waals surface area contributed by atoms with Crippen molar-refractivity contribution in [2.24, 2.45) is 0 Å². The lowest BCUT2D eigenvalue weighted by Crippen LogP contribution is -3.14. The third kappa shape index (κ3) is 5.43. The topological polar surface area (TPSA) is 75.1 Å². The predicted molar refractivity (Wildman–Crippen MR) is 104 cm³/mol. The van der Waals surface area contributed by atoms with Gasteiger partial charge in [-0.05, 0) is 37.1 Å². The summed E-state index contributed by atoms with van der Waals surface area (Å²) in [7, 11) is 0. The number of benzene rings is 1. The summed E-state index contributed by atoms with van der Waals surface area (Å²) in [6.45, 7) is 10.1. The SMILES string of the molecule is Cc1ccc(N2C[C@H](NC(=O)NCCC[NH+]3CCOCC3)CC2=O)cc1C. The van der Waals surface area contributed by atoms with Gasteiger partial charge < -0.3 is 25.2 Å². The van der Waals surface area contributed by atoms with Crippen LogP contribution in [-0.4, -0.2) is 63.9 Å². The molecule has 0 spiro atoms. The van der Waals surface area contributed by atoms with E-state index in [1.807, 2.05) is 25.1 Å². The van der Waals surface area contributed by atoms with Gasteiger partial charge in [0.2, 0.25) is 5.91 Å². The number of rotatable bonds is 6. The molecule has 7 nitrogen and oxygen atoms in total. The summed E-state index contributed by atoms with van der Waals surface area (Å²) in [6, 6.07) is 5.69. The van der Waals surface area contributed by atoms with Crippen molar-refractivity contribution >= 4 is 17.6 Å². The Morgan fingerprint density at radius 3 is 2.78 bits per heavy atom. The monoisotopic (exact) mass is 375 g/mol. The maximum Gasteiger partial charge on any atom is 0.315 e. The van der Waals surface area contributed by atoms with E-state index in [9.17, 15) is 9.59 Å². The summed E-state index contributed by atoms with van der Waals surface area (Å²) in [5.74, 6) is 0.0551. The highest BCUT2D eigenvalue weighted by Crippen LogP contribution is 2.24. The number of nitrogens with zero attached hydrogens (tertiary/aromatic N) is 1. The molecule has 2 saturated heterocycles. The number of ether oxygens (including phenoxy) is 1. The molecule has 0 aliphatic carbocycles. The molecule has 3 amide bonds. The van der Waals surface area contributed by atoms with Crippen LogP contribution in [0.3, 0.4) is 0 Å². The van der Waals surface area contributed by atoms with E-state index in [0.29, 0.717) is 19.5 Å². The molecule has 2 aliphatic heterocycles. The number of quaternary nitrogens is 1. The number of amides is 3. The first-order valence-corrected chi connectivity index (χ1v) is 9.86. The highest BCUT2D eigenvalue weighted by Gasteiger charge is 2.31. The summed E-state index contributed by atoms with van der Waals surface area (Å²) in [5, 5.41) is 5.84. The summed E-state index contributed by atoms with van der Waals surface area (Å²) >= 11 is 0. The quantitative estimate of drug-likeness (QED) is 0.614. The van der Waals surface area contributed by atoms with Crippen molar-refractivity contribution in [2.45, 2.75) is 32.7 Å². The maximum atomic E-state index is 12.3. The van der Waals surface area contributed by atoms with Gasteiger partial charge in [-0.3, -0.25) is 4.79 Å². The van der Waals surface area contributed by atoms with Crippen LogP contribution in [0.15, 0.2) is 18.2 Å². The maximum absolute atomic E-state index is 12.3. The Morgan fingerprint density at radius 2 is 2.04 bits per heavy atom. The van der Waals surface area contributed by atoms with Crippen molar-refractivity contribution < 1.29 is 19.2 Å². The fourth-order valence-corrected chi connectivity index (χ4v) is 3.63. The third-order valence-corrected chi connectivity index (χ3v) is 5.45. The zero-order chi connectivity index (χ0) is 19.2. The molecule has 0 aromatic heterocycles. The van der Waals surface area contributed by atoms with Gasteiger partial charge >= 0.3 is 6.03 Å². The number of hydrogen-bond donors (Lipinski definition) is 3. The first kappa shape index (κ1) is 19.6. The van der Waals surface area contributed by atoms with Crippen LogP contribution in [0.25, 0.3) is 0 Å². The number of hydrogen-bond acceptors (Lipinski definition) is 3. The number of nitrogens with one attached hydrogen (secondary N) is 3. The van der Waals surface area contributed by atoms with Gasteiger partial charge in [0, 0.05) is 31.6 Å². The molecule has 3 N–H and O–H groups in total. The van der Waals surface area contributed by atoms with Crippen LogP contribution < -0.4 is 20.4 Å². The Kier molecular flexibility index (Phi) is 6.68. The van der Waals surface area contributed by atoms with Crippen LogP contribution >= 0.6 is 0 Å². The second kappa shape index (κ2) is 9.19. The van der Waals surface area contributed by atoms with Gasteiger partial charge in [-0.15, -0.1) is 0 Å². The fourth-order valence-electron chi connectivity index (χ4n) is 3.63. The lowest BCUT2D eigenvalue weighted by atomic mass is 10.1. The zero-order valence-electron chi connectivity index (χ0n) is 16.3. The molecule has 0 radical (unpaired) electrons. The molecule has 0 unspecified atom stereocenters. The van der Waals surface area contributed by atoms with Crippen LogP contribution in [0.2, 0.25) is 0 Å². The van der Waals surface area contributed by atoms with Gasteiger partial charge in [0.05, 0.1) is 25.8 Å². The molecule has 148 valence electrons. The van der Waals surface area contributed by atoms with Crippen molar-refractivity contribution in [1.29, 1.82) is 0 Å². The molecular weight excluding hydrogens is 344 g/mol. The largest absolute Gasteiger partial charge is 0.370 e. The highest BCUT2D eigenvalue weighted by atomic mass is 16.5. The van der Waals surface area contributed by atoms with E-state index in [0.717, 1.165) is 50.5 Å². The van der Waals surface area contributed by atoms with Gasteiger partial charge in [-0.25, -0.2) is 4.79 Å². The molecule has 0 bridgehead atoms. The van der Waals surface area contributed by atoms with E-state index in [-0.39, 0.29) is 18.0 Å². The average molecular weight is 375 g/mol. The number of urea groups is 1. The van der Waals surface area contributed by atoms with Crippen LogP contribution in [0.4, 0.5) is 10.5 Å². The molecule has 3 rings (SSSR count). The Morgan fingerprint density at radius 1 is 1.26 bits per heavy atom.